The Bertz CT molecular complexity index is 345. The van der Waals surface area contributed by atoms with Crippen LogP contribution in [0.25, 0.3) is 0 Å². The third kappa shape index (κ3) is 6.55. The molecule has 7 nitrogen and oxygen atoms in total. The van der Waals surface area contributed by atoms with Crippen LogP contribution < -0.4 is 11.1 Å². The quantitative estimate of drug-likeness (QED) is 0.626. The Kier molecular flexibility index (Phi) is 5.40. The molecule has 0 saturated carbocycles. The van der Waals surface area contributed by atoms with Gasteiger partial charge in [0.25, 0.3) is 0 Å². The lowest BCUT2D eigenvalue weighted by atomic mass is 10.3. The molecule has 0 radical (unpaired) electrons. The minimum absolute atomic E-state index is 0.0156. The van der Waals surface area contributed by atoms with Gasteiger partial charge in [0, 0.05) is 0 Å². The molecule has 0 aliphatic carbocycles. The summed E-state index contributed by atoms with van der Waals surface area (Å²) >= 11 is 0. The highest BCUT2D eigenvalue weighted by Crippen LogP contribution is 2.16. The topological polar surface area (TPSA) is 113 Å². The third-order valence-electron chi connectivity index (χ3n) is 1.75. The standard InChI is InChI=1S/C8H12F3N3O4/c1-4(6(12)17)13-7(18)14(2-5(15)16)3-8(9,10)11/h4H,2-3H2,1H3,(H2,12,17)(H,13,18)(H,15,16). The van der Waals surface area contributed by atoms with Crippen molar-refractivity contribution >= 4 is 17.9 Å². The van der Waals surface area contributed by atoms with E-state index in [4.69, 9.17) is 10.8 Å². The fraction of sp³-hybridized carbons (Fsp3) is 0.625. The van der Waals surface area contributed by atoms with Gasteiger partial charge in [-0.1, -0.05) is 0 Å². The Morgan fingerprint density at radius 1 is 1.39 bits per heavy atom. The summed E-state index contributed by atoms with van der Waals surface area (Å²) in [7, 11) is 0. The maximum absolute atomic E-state index is 12.1. The number of hydrogen-bond donors (Lipinski definition) is 3. The number of rotatable bonds is 5. The van der Waals surface area contributed by atoms with Crippen LogP contribution in [0, 0.1) is 0 Å². The highest BCUT2D eigenvalue weighted by atomic mass is 19.4. The molecule has 0 bridgehead atoms. The maximum Gasteiger partial charge on any atom is 0.406 e. The monoisotopic (exact) mass is 271 g/mol. The summed E-state index contributed by atoms with van der Waals surface area (Å²) in [4.78, 5) is 32.3. The lowest BCUT2D eigenvalue weighted by Crippen LogP contribution is -2.52. The molecule has 0 aromatic heterocycles. The number of primary amides is 1. The van der Waals surface area contributed by atoms with Crippen molar-refractivity contribution in [1.29, 1.82) is 0 Å². The van der Waals surface area contributed by atoms with E-state index in [1.165, 1.54) is 0 Å². The second-order valence-corrected chi connectivity index (χ2v) is 3.44. The molecule has 0 aromatic carbocycles. The predicted octanol–water partition coefficient (Wildman–Crippen LogP) is -0.481. The van der Waals surface area contributed by atoms with E-state index < -0.39 is 43.2 Å². The zero-order valence-corrected chi connectivity index (χ0v) is 9.32. The first-order valence-electron chi connectivity index (χ1n) is 4.66. The molecule has 18 heavy (non-hydrogen) atoms. The molecule has 0 spiro atoms. The van der Waals surface area contributed by atoms with Crippen molar-refractivity contribution < 1.29 is 32.7 Å². The van der Waals surface area contributed by atoms with E-state index in [-0.39, 0.29) is 4.90 Å². The largest absolute Gasteiger partial charge is 0.480 e. The van der Waals surface area contributed by atoms with Crippen LogP contribution in [-0.4, -0.2) is 53.2 Å². The zero-order chi connectivity index (χ0) is 14.5. The zero-order valence-electron chi connectivity index (χ0n) is 9.32. The van der Waals surface area contributed by atoms with E-state index in [0.717, 1.165) is 6.92 Å². The number of nitrogens with two attached hydrogens (primary N) is 1. The van der Waals surface area contributed by atoms with Gasteiger partial charge < -0.3 is 21.1 Å². The number of urea groups is 1. The molecule has 10 heteroatoms. The molecule has 4 N–H and O–H groups in total. The first-order chi connectivity index (χ1) is 8.03. The van der Waals surface area contributed by atoms with Crippen molar-refractivity contribution in [3.05, 3.63) is 0 Å². The normalized spacial score (nSPS) is 12.7. The minimum atomic E-state index is -4.75. The van der Waals surface area contributed by atoms with Crippen LogP contribution in [0.1, 0.15) is 6.92 Å². The number of alkyl halides is 3. The van der Waals surface area contributed by atoms with Crippen LogP contribution in [0.2, 0.25) is 0 Å². The molecular formula is C8H12F3N3O4. The van der Waals surface area contributed by atoms with Gasteiger partial charge in [-0.3, -0.25) is 9.59 Å². The lowest BCUT2D eigenvalue weighted by Gasteiger charge is -2.23. The first-order valence-corrected chi connectivity index (χ1v) is 4.66. The van der Waals surface area contributed by atoms with Gasteiger partial charge in [0.15, 0.2) is 0 Å². The second-order valence-electron chi connectivity index (χ2n) is 3.44. The average Bonchev–Trinajstić information content (AvgIpc) is 2.13. The van der Waals surface area contributed by atoms with Gasteiger partial charge in [-0.05, 0) is 6.92 Å². The van der Waals surface area contributed by atoms with Crippen molar-refractivity contribution in [3.8, 4) is 0 Å². The van der Waals surface area contributed by atoms with E-state index in [1.54, 1.807) is 0 Å². The van der Waals surface area contributed by atoms with Crippen molar-refractivity contribution in [1.82, 2.24) is 10.2 Å². The van der Waals surface area contributed by atoms with Crippen molar-refractivity contribution in [2.75, 3.05) is 13.1 Å². The molecule has 0 aliphatic rings. The maximum atomic E-state index is 12.1. The highest BCUT2D eigenvalue weighted by molar-refractivity contribution is 5.86. The number of aliphatic carboxylic acids is 1. The van der Waals surface area contributed by atoms with E-state index in [1.807, 2.05) is 5.32 Å². The van der Waals surface area contributed by atoms with Gasteiger partial charge in [-0.2, -0.15) is 13.2 Å². The van der Waals surface area contributed by atoms with E-state index in [0.29, 0.717) is 0 Å². The van der Waals surface area contributed by atoms with Crippen molar-refractivity contribution in [3.63, 3.8) is 0 Å². The number of nitrogens with one attached hydrogen (secondary N) is 1. The summed E-state index contributed by atoms with van der Waals surface area (Å²) in [5.74, 6) is -2.56. The molecular weight excluding hydrogens is 259 g/mol. The number of nitrogens with zero attached hydrogens (tertiary/aromatic N) is 1. The number of carbonyl (C=O) groups excluding carboxylic acids is 2. The molecule has 3 amide bonds. The van der Waals surface area contributed by atoms with Crippen LogP contribution in [-0.2, 0) is 9.59 Å². The Hall–Kier alpha value is -2.00. The molecule has 0 fully saturated rings. The second kappa shape index (κ2) is 6.07. The number of hydrogen-bond acceptors (Lipinski definition) is 3. The lowest BCUT2D eigenvalue weighted by molar-refractivity contribution is -0.149. The molecule has 104 valence electrons. The summed E-state index contributed by atoms with van der Waals surface area (Å²) in [5.41, 5.74) is 4.80. The molecule has 0 aromatic rings. The third-order valence-corrected chi connectivity index (χ3v) is 1.75. The van der Waals surface area contributed by atoms with Gasteiger partial charge in [0.2, 0.25) is 5.91 Å². The van der Waals surface area contributed by atoms with Gasteiger partial charge >= 0.3 is 18.2 Å². The van der Waals surface area contributed by atoms with Crippen LogP contribution in [0.5, 0.6) is 0 Å². The number of carbonyl (C=O) groups is 3. The summed E-state index contributed by atoms with van der Waals surface area (Å²) in [6, 6.07) is -2.54. The van der Waals surface area contributed by atoms with Crippen LogP contribution in [0.15, 0.2) is 0 Å². The van der Waals surface area contributed by atoms with Crippen LogP contribution in [0.3, 0.4) is 0 Å². The summed E-state index contributed by atoms with van der Waals surface area (Å²) in [6.45, 7) is -1.72. The first kappa shape index (κ1) is 16.0. The van der Waals surface area contributed by atoms with Crippen LogP contribution >= 0.6 is 0 Å². The van der Waals surface area contributed by atoms with E-state index in [9.17, 15) is 27.6 Å². The van der Waals surface area contributed by atoms with E-state index in [2.05, 4.69) is 0 Å². The molecule has 0 saturated heterocycles. The fourth-order valence-electron chi connectivity index (χ4n) is 0.927. The van der Waals surface area contributed by atoms with Crippen molar-refractivity contribution in [2.24, 2.45) is 5.73 Å². The number of carboxylic acid groups (broad SMARTS) is 1. The molecule has 1 atom stereocenters. The molecule has 0 rings (SSSR count). The van der Waals surface area contributed by atoms with Crippen LogP contribution in [0.4, 0.5) is 18.0 Å². The molecule has 0 aliphatic heterocycles. The van der Waals surface area contributed by atoms with Gasteiger partial charge in [-0.25, -0.2) is 4.79 Å². The number of amides is 3. The summed E-state index contributed by atoms with van der Waals surface area (Å²) in [5, 5.41) is 10.2. The Morgan fingerprint density at radius 2 is 1.89 bits per heavy atom. The van der Waals surface area contributed by atoms with E-state index >= 15 is 0 Å². The fourth-order valence-corrected chi connectivity index (χ4v) is 0.927. The minimum Gasteiger partial charge on any atom is -0.480 e. The summed E-state index contributed by atoms with van der Waals surface area (Å²) in [6.07, 6.45) is -4.75. The smallest absolute Gasteiger partial charge is 0.406 e. The predicted molar refractivity (Wildman–Crippen MR) is 52.5 cm³/mol. The SMILES string of the molecule is CC(NC(=O)N(CC(=O)O)CC(F)(F)F)C(N)=O. The average molecular weight is 271 g/mol. The Balaban J connectivity index is 4.69. The van der Waals surface area contributed by atoms with Gasteiger partial charge in [0.1, 0.15) is 19.1 Å². The van der Waals surface area contributed by atoms with Crippen molar-refractivity contribution in [2.45, 2.75) is 19.1 Å². The Morgan fingerprint density at radius 3 is 2.22 bits per heavy atom. The summed E-state index contributed by atoms with van der Waals surface area (Å²) < 4.78 is 36.3. The highest BCUT2D eigenvalue weighted by Gasteiger charge is 2.34. The number of halogens is 3. The number of carboxylic acids is 1. The Labute approximate surface area is 99.7 Å². The molecule has 0 heterocycles. The van der Waals surface area contributed by atoms with Gasteiger partial charge in [0.05, 0.1) is 0 Å². The molecule has 1 unspecified atom stereocenters. The van der Waals surface area contributed by atoms with Gasteiger partial charge in [-0.15, -0.1) is 0 Å².